The lowest BCUT2D eigenvalue weighted by atomic mass is 10.1. The van der Waals surface area contributed by atoms with Crippen molar-refractivity contribution in [2.24, 2.45) is 0 Å². The van der Waals surface area contributed by atoms with Crippen molar-refractivity contribution >= 4 is 11.7 Å². The zero-order chi connectivity index (χ0) is 17.7. The lowest BCUT2D eigenvalue weighted by molar-refractivity contribution is -0.121. The van der Waals surface area contributed by atoms with Gasteiger partial charge in [0, 0.05) is 36.2 Å². The smallest absolute Gasteiger partial charge is 0.253 e. The summed E-state index contributed by atoms with van der Waals surface area (Å²) in [7, 11) is 0. The number of aryl methyl sites for hydroxylation is 2. The van der Waals surface area contributed by atoms with E-state index in [1.54, 1.807) is 6.92 Å². The molecular formula is C18H19FN2O3. The summed E-state index contributed by atoms with van der Waals surface area (Å²) in [6.07, 6.45) is 0.0414. The minimum atomic E-state index is -0.414. The van der Waals surface area contributed by atoms with Crippen LogP contribution < -0.4 is 10.9 Å². The first-order valence-corrected chi connectivity index (χ1v) is 7.61. The fraction of sp³-hybridized carbons (Fsp3) is 0.278. The quantitative estimate of drug-likeness (QED) is 0.798. The molecule has 0 unspecified atom stereocenters. The number of ketones is 1. The second-order valence-corrected chi connectivity index (χ2v) is 5.65. The molecule has 2 N–H and O–H groups in total. The zero-order valence-corrected chi connectivity index (χ0v) is 13.6. The van der Waals surface area contributed by atoms with E-state index >= 15 is 0 Å². The molecule has 0 saturated heterocycles. The Labute approximate surface area is 138 Å². The Hall–Kier alpha value is -2.76. The Morgan fingerprint density at radius 2 is 1.79 bits per heavy atom. The number of amides is 1. The molecule has 126 valence electrons. The summed E-state index contributed by atoms with van der Waals surface area (Å²) in [5, 5.41) is 2.64. The minimum absolute atomic E-state index is 0.0129. The molecule has 0 radical (unpaired) electrons. The van der Waals surface area contributed by atoms with Gasteiger partial charge in [0.25, 0.3) is 5.56 Å². The molecule has 0 atom stereocenters. The van der Waals surface area contributed by atoms with E-state index in [-0.39, 0.29) is 36.6 Å². The van der Waals surface area contributed by atoms with Gasteiger partial charge in [-0.15, -0.1) is 0 Å². The largest absolute Gasteiger partial charge is 0.352 e. The zero-order valence-electron chi connectivity index (χ0n) is 13.6. The topological polar surface area (TPSA) is 79.0 Å². The van der Waals surface area contributed by atoms with Gasteiger partial charge in [0.15, 0.2) is 5.78 Å². The van der Waals surface area contributed by atoms with Gasteiger partial charge in [0.05, 0.1) is 0 Å². The van der Waals surface area contributed by atoms with Crippen LogP contribution in [-0.2, 0) is 11.3 Å². The SMILES string of the molecule is Cc1cc(C)c(CNC(=O)CCC(=O)c2ccc(F)cc2)c(=O)[nH]1. The number of Topliss-reactive ketones (excluding diaryl/α,β-unsaturated/α-hetero) is 1. The van der Waals surface area contributed by atoms with Crippen LogP contribution in [0.15, 0.2) is 35.1 Å². The van der Waals surface area contributed by atoms with Crippen molar-refractivity contribution < 1.29 is 14.0 Å². The number of halogens is 1. The maximum absolute atomic E-state index is 12.8. The van der Waals surface area contributed by atoms with E-state index in [1.807, 2.05) is 13.0 Å². The highest BCUT2D eigenvalue weighted by molar-refractivity contribution is 5.97. The highest BCUT2D eigenvalue weighted by Crippen LogP contribution is 2.08. The van der Waals surface area contributed by atoms with Gasteiger partial charge in [0.1, 0.15) is 5.82 Å². The number of pyridine rings is 1. The summed E-state index contributed by atoms with van der Waals surface area (Å²) in [5.41, 5.74) is 2.21. The van der Waals surface area contributed by atoms with Gasteiger partial charge in [-0.2, -0.15) is 0 Å². The molecule has 0 bridgehead atoms. The van der Waals surface area contributed by atoms with Crippen LogP contribution in [0.5, 0.6) is 0 Å². The molecule has 0 fully saturated rings. The number of carbonyl (C=O) groups is 2. The summed E-state index contributed by atoms with van der Waals surface area (Å²) in [5.74, 6) is -0.956. The van der Waals surface area contributed by atoms with Gasteiger partial charge >= 0.3 is 0 Å². The summed E-state index contributed by atoms with van der Waals surface area (Å²) < 4.78 is 12.8. The average molecular weight is 330 g/mol. The summed E-state index contributed by atoms with van der Waals surface area (Å²) >= 11 is 0. The van der Waals surface area contributed by atoms with Crippen LogP contribution in [0.2, 0.25) is 0 Å². The molecule has 2 rings (SSSR count). The second kappa shape index (κ2) is 7.68. The lowest BCUT2D eigenvalue weighted by Gasteiger charge is -2.08. The Bertz CT molecular complexity index is 810. The normalized spacial score (nSPS) is 10.5. The van der Waals surface area contributed by atoms with Crippen LogP contribution in [0.25, 0.3) is 0 Å². The molecule has 1 aromatic carbocycles. The maximum atomic E-state index is 12.8. The van der Waals surface area contributed by atoms with Crippen molar-refractivity contribution in [3.63, 3.8) is 0 Å². The maximum Gasteiger partial charge on any atom is 0.253 e. The van der Waals surface area contributed by atoms with Crippen molar-refractivity contribution in [2.45, 2.75) is 33.2 Å². The number of carbonyl (C=O) groups excluding carboxylic acids is 2. The third kappa shape index (κ3) is 4.62. The number of hydrogen-bond donors (Lipinski definition) is 2. The van der Waals surface area contributed by atoms with Gasteiger partial charge in [-0.25, -0.2) is 4.39 Å². The fourth-order valence-electron chi connectivity index (χ4n) is 2.38. The Balaban J connectivity index is 1.87. The van der Waals surface area contributed by atoms with Crippen molar-refractivity contribution in [3.8, 4) is 0 Å². The van der Waals surface area contributed by atoms with E-state index in [0.717, 1.165) is 11.3 Å². The third-order valence-electron chi connectivity index (χ3n) is 3.70. The number of H-pyrrole nitrogens is 1. The van der Waals surface area contributed by atoms with Gasteiger partial charge < -0.3 is 10.3 Å². The Morgan fingerprint density at radius 1 is 1.12 bits per heavy atom. The van der Waals surface area contributed by atoms with Crippen LogP contribution in [0, 0.1) is 19.7 Å². The number of aromatic nitrogens is 1. The van der Waals surface area contributed by atoms with E-state index in [1.165, 1.54) is 24.3 Å². The van der Waals surface area contributed by atoms with Crippen molar-refractivity contribution in [1.82, 2.24) is 10.3 Å². The number of nitrogens with one attached hydrogen (secondary N) is 2. The fourth-order valence-corrected chi connectivity index (χ4v) is 2.38. The number of hydrogen-bond acceptors (Lipinski definition) is 3. The molecule has 2 aromatic rings. The lowest BCUT2D eigenvalue weighted by Crippen LogP contribution is -2.28. The van der Waals surface area contributed by atoms with Crippen molar-refractivity contribution in [1.29, 1.82) is 0 Å². The van der Waals surface area contributed by atoms with E-state index in [0.29, 0.717) is 11.1 Å². The molecule has 0 aliphatic carbocycles. The van der Waals surface area contributed by atoms with Crippen LogP contribution in [0.4, 0.5) is 4.39 Å². The van der Waals surface area contributed by atoms with Crippen molar-refractivity contribution in [2.75, 3.05) is 0 Å². The molecule has 0 aliphatic rings. The summed E-state index contributed by atoms with van der Waals surface area (Å²) in [6.45, 7) is 3.71. The highest BCUT2D eigenvalue weighted by atomic mass is 19.1. The summed E-state index contributed by atoms with van der Waals surface area (Å²) in [6, 6.07) is 7.04. The average Bonchev–Trinajstić information content (AvgIpc) is 2.52. The van der Waals surface area contributed by atoms with Crippen LogP contribution in [0.3, 0.4) is 0 Å². The number of aromatic amines is 1. The molecular weight excluding hydrogens is 311 g/mol. The molecule has 24 heavy (non-hydrogen) atoms. The molecule has 6 heteroatoms. The highest BCUT2D eigenvalue weighted by Gasteiger charge is 2.11. The molecule has 1 amide bonds. The molecule has 1 heterocycles. The third-order valence-corrected chi connectivity index (χ3v) is 3.70. The standard InChI is InChI=1S/C18H19FN2O3/c1-11-9-12(2)21-18(24)15(11)10-20-17(23)8-7-16(22)13-3-5-14(19)6-4-13/h3-6,9H,7-8,10H2,1-2H3,(H,20,23)(H,21,24). The predicted molar refractivity (Wildman–Crippen MR) is 88.3 cm³/mol. The first-order chi connectivity index (χ1) is 11.4. The van der Waals surface area contributed by atoms with E-state index in [4.69, 9.17) is 0 Å². The van der Waals surface area contributed by atoms with Gasteiger partial charge in [0.2, 0.25) is 5.91 Å². The molecule has 0 aliphatic heterocycles. The molecule has 0 spiro atoms. The van der Waals surface area contributed by atoms with Crippen LogP contribution in [0.1, 0.15) is 40.0 Å². The Kier molecular flexibility index (Phi) is 5.63. The van der Waals surface area contributed by atoms with Gasteiger partial charge in [-0.05, 0) is 49.7 Å². The molecule has 0 saturated carbocycles. The monoisotopic (exact) mass is 330 g/mol. The minimum Gasteiger partial charge on any atom is -0.352 e. The van der Waals surface area contributed by atoms with E-state index in [2.05, 4.69) is 10.3 Å². The van der Waals surface area contributed by atoms with E-state index in [9.17, 15) is 18.8 Å². The number of rotatable bonds is 6. The van der Waals surface area contributed by atoms with Gasteiger partial charge in [-0.1, -0.05) is 0 Å². The van der Waals surface area contributed by atoms with Gasteiger partial charge in [-0.3, -0.25) is 14.4 Å². The second-order valence-electron chi connectivity index (χ2n) is 5.65. The Morgan fingerprint density at radius 3 is 2.42 bits per heavy atom. The predicted octanol–water partition coefficient (Wildman–Crippen LogP) is 2.41. The van der Waals surface area contributed by atoms with Crippen LogP contribution in [-0.4, -0.2) is 16.7 Å². The molecule has 5 nitrogen and oxygen atoms in total. The van der Waals surface area contributed by atoms with Crippen LogP contribution >= 0.6 is 0 Å². The number of benzene rings is 1. The molecule has 1 aromatic heterocycles. The van der Waals surface area contributed by atoms with E-state index < -0.39 is 5.82 Å². The first-order valence-electron chi connectivity index (χ1n) is 7.61. The first kappa shape index (κ1) is 17.6. The van der Waals surface area contributed by atoms with Crippen molar-refractivity contribution in [3.05, 3.63) is 68.9 Å². The summed E-state index contributed by atoms with van der Waals surface area (Å²) in [4.78, 5) is 38.3.